The van der Waals surface area contributed by atoms with Gasteiger partial charge in [0.1, 0.15) is 5.56 Å². The molecule has 1 aromatic carbocycles. The highest BCUT2D eigenvalue weighted by Gasteiger charge is 2.18. The molecule has 1 amide bonds. The van der Waals surface area contributed by atoms with Gasteiger partial charge in [-0.2, -0.15) is 0 Å². The fourth-order valence-electron chi connectivity index (χ4n) is 2.73. The van der Waals surface area contributed by atoms with Crippen molar-refractivity contribution in [1.82, 2.24) is 14.7 Å². The summed E-state index contributed by atoms with van der Waals surface area (Å²) in [5, 5.41) is 2.91. The Balaban J connectivity index is 1.72. The maximum atomic E-state index is 12.6. The quantitative estimate of drug-likeness (QED) is 0.765. The first-order chi connectivity index (χ1) is 12.0. The van der Waals surface area contributed by atoms with E-state index in [1.54, 1.807) is 0 Å². The van der Waals surface area contributed by atoms with Crippen LogP contribution in [0.4, 0.5) is 0 Å². The number of aromatic nitrogens is 2. The summed E-state index contributed by atoms with van der Waals surface area (Å²) in [4.78, 5) is 31.0. The molecule has 6 heteroatoms. The lowest BCUT2D eigenvalue weighted by Gasteiger charge is -2.13. The van der Waals surface area contributed by atoms with E-state index in [1.807, 2.05) is 39.0 Å². The molecule has 1 N–H and O–H groups in total. The van der Waals surface area contributed by atoms with Gasteiger partial charge in [-0.3, -0.25) is 14.0 Å². The van der Waals surface area contributed by atoms with Crippen molar-refractivity contribution in [1.29, 1.82) is 0 Å². The predicted molar refractivity (Wildman–Crippen MR) is 101 cm³/mol. The van der Waals surface area contributed by atoms with E-state index in [-0.39, 0.29) is 23.1 Å². The summed E-state index contributed by atoms with van der Waals surface area (Å²) in [6.45, 7) is 5.76. The number of benzene rings is 1. The molecule has 0 saturated heterocycles. The number of hydrogen-bond donors (Lipinski definition) is 1. The number of amides is 1. The molecule has 1 unspecified atom stereocenters. The van der Waals surface area contributed by atoms with Crippen molar-refractivity contribution in [2.45, 2.75) is 39.7 Å². The first-order valence-electron chi connectivity index (χ1n) is 8.30. The molecule has 0 aliphatic rings. The van der Waals surface area contributed by atoms with Crippen LogP contribution >= 0.6 is 11.3 Å². The van der Waals surface area contributed by atoms with Crippen molar-refractivity contribution in [3.8, 4) is 0 Å². The van der Waals surface area contributed by atoms with Gasteiger partial charge in [0, 0.05) is 22.8 Å². The molecular formula is C19H21N3O2S. The number of thiazole rings is 1. The van der Waals surface area contributed by atoms with Crippen LogP contribution in [0.2, 0.25) is 0 Å². The summed E-state index contributed by atoms with van der Waals surface area (Å²) >= 11 is 1.45. The zero-order chi connectivity index (χ0) is 18.0. The molecular weight excluding hydrogens is 334 g/mol. The molecule has 3 rings (SSSR count). The molecule has 0 fully saturated rings. The third-order valence-corrected chi connectivity index (χ3v) is 5.42. The number of nitrogens with one attached hydrogen (secondary N) is 1. The number of hydrogen-bond acceptors (Lipinski definition) is 4. The fourth-order valence-corrected chi connectivity index (χ4v) is 3.66. The Bertz CT molecular complexity index is 960. The van der Waals surface area contributed by atoms with Gasteiger partial charge in [0.25, 0.3) is 11.5 Å². The molecule has 25 heavy (non-hydrogen) atoms. The van der Waals surface area contributed by atoms with Crippen LogP contribution in [0.25, 0.3) is 4.96 Å². The van der Waals surface area contributed by atoms with E-state index in [1.165, 1.54) is 27.5 Å². The molecule has 3 aromatic rings. The number of carbonyl (C=O) groups is 1. The minimum absolute atomic E-state index is 0.0295. The van der Waals surface area contributed by atoms with Crippen LogP contribution in [-0.4, -0.2) is 21.3 Å². The zero-order valence-electron chi connectivity index (χ0n) is 14.6. The normalized spacial score (nSPS) is 12.3. The summed E-state index contributed by atoms with van der Waals surface area (Å²) < 4.78 is 1.52. The van der Waals surface area contributed by atoms with Crippen molar-refractivity contribution < 1.29 is 4.79 Å². The summed E-state index contributed by atoms with van der Waals surface area (Å²) in [6.07, 6.45) is 3.07. The molecule has 0 bridgehead atoms. The van der Waals surface area contributed by atoms with Crippen LogP contribution < -0.4 is 10.9 Å². The summed E-state index contributed by atoms with van der Waals surface area (Å²) in [5.74, 6) is -0.365. The second kappa shape index (κ2) is 7.19. The lowest BCUT2D eigenvalue weighted by Crippen LogP contribution is -2.37. The molecule has 130 valence electrons. The smallest absolute Gasteiger partial charge is 0.271 e. The first kappa shape index (κ1) is 17.4. The molecule has 0 aliphatic heterocycles. The van der Waals surface area contributed by atoms with Crippen LogP contribution in [0, 0.1) is 13.8 Å². The Kier molecular flexibility index (Phi) is 4.99. The van der Waals surface area contributed by atoms with Gasteiger partial charge in [0.2, 0.25) is 0 Å². The van der Waals surface area contributed by atoms with E-state index in [9.17, 15) is 9.59 Å². The Morgan fingerprint density at radius 2 is 2.00 bits per heavy atom. The van der Waals surface area contributed by atoms with E-state index < -0.39 is 0 Å². The van der Waals surface area contributed by atoms with Crippen molar-refractivity contribution in [2.75, 3.05) is 0 Å². The Morgan fingerprint density at radius 3 is 2.72 bits per heavy atom. The molecule has 2 aromatic heterocycles. The number of rotatable bonds is 5. The lowest BCUT2D eigenvalue weighted by molar-refractivity contribution is 0.0936. The second-order valence-corrected chi connectivity index (χ2v) is 7.42. The molecule has 2 heterocycles. The maximum absolute atomic E-state index is 12.6. The predicted octanol–water partition coefficient (Wildman–Crippen LogP) is 3.12. The average molecular weight is 355 g/mol. The highest BCUT2D eigenvalue weighted by Crippen LogP contribution is 2.18. The topological polar surface area (TPSA) is 63.5 Å². The number of aryl methyl sites for hydroxylation is 3. The average Bonchev–Trinajstić information content (AvgIpc) is 2.89. The summed E-state index contributed by atoms with van der Waals surface area (Å²) in [6, 6.07) is 10.1. The molecule has 0 spiro atoms. The fraction of sp³-hybridized carbons (Fsp3) is 0.316. The highest BCUT2D eigenvalue weighted by atomic mass is 32.1. The van der Waals surface area contributed by atoms with Crippen LogP contribution in [0.3, 0.4) is 0 Å². The van der Waals surface area contributed by atoms with E-state index in [0.717, 1.165) is 23.4 Å². The number of fused-ring (bicyclic) bond motifs is 1. The second-order valence-electron chi connectivity index (χ2n) is 6.24. The molecule has 1 atom stereocenters. The van der Waals surface area contributed by atoms with Crippen LogP contribution in [0.15, 0.2) is 41.3 Å². The Hall–Kier alpha value is -2.47. The van der Waals surface area contributed by atoms with E-state index >= 15 is 0 Å². The first-order valence-corrected chi connectivity index (χ1v) is 9.11. The molecule has 0 aliphatic carbocycles. The van der Waals surface area contributed by atoms with Crippen LogP contribution in [0.5, 0.6) is 0 Å². The summed E-state index contributed by atoms with van der Waals surface area (Å²) in [7, 11) is 0. The Morgan fingerprint density at radius 1 is 1.28 bits per heavy atom. The standard InChI is InChI=1S/C19H21N3O2S/c1-12(9-10-15-7-5-4-6-8-15)21-17(23)16-11-20-19-22(18(16)24)13(2)14(3)25-19/h4-8,11-12H,9-10H2,1-3H3,(H,21,23). The maximum Gasteiger partial charge on any atom is 0.271 e. The molecule has 0 radical (unpaired) electrons. The highest BCUT2D eigenvalue weighted by molar-refractivity contribution is 7.17. The number of carbonyl (C=O) groups excluding carboxylic acids is 1. The third-order valence-electron chi connectivity index (χ3n) is 4.35. The van der Waals surface area contributed by atoms with Crippen LogP contribution in [-0.2, 0) is 6.42 Å². The third kappa shape index (κ3) is 3.64. The van der Waals surface area contributed by atoms with Gasteiger partial charge in [-0.25, -0.2) is 4.98 Å². The van der Waals surface area contributed by atoms with E-state index in [4.69, 9.17) is 0 Å². The van der Waals surface area contributed by atoms with Crippen molar-refractivity contribution in [2.24, 2.45) is 0 Å². The number of nitrogens with zero attached hydrogens (tertiary/aromatic N) is 2. The van der Waals surface area contributed by atoms with Crippen molar-refractivity contribution >= 4 is 22.2 Å². The van der Waals surface area contributed by atoms with Gasteiger partial charge >= 0.3 is 0 Å². The lowest BCUT2D eigenvalue weighted by atomic mass is 10.1. The van der Waals surface area contributed by atoms with Gasteiger partial charge in [0.15, 0.2) is 4.96 Å². The Labute approximate surface area is 150 Å². The van der Waals surface area contributed by atoms with E-state index in [2.05, 4.69) is 22.4 Å². The summed E-state index contributed by atoms with van der Waals surface area (Å²) in [5.41, 5.74) is 1.85. The van der Waals surface area contributed by atoms with Gasteiger partial charge in [0.05, 0.1) is 0 Å². The molecule has 0 saturated carbocycles. The van der Waals surface area contributed by atoms with Gasteiger partial charge in [-0.05, 0) is 39.2 Å². The minimum Gasteiger partial charge on any atom is -0.349 e. The molecule has 5 nitrogen and oxygen atoms in total. The van der Waals surface area contributed by atoms with E-state index in [0.29, 0.717) is 4.96 Å². The van der Waals surface area contributed by atoms with Gasteiger partial charge in [-0.1, -0.05) is 30.3 Å². The van der Waals surface area contributed by atoms with Crippen molar-refractivity contribution in [3.63, 3.8) is 0 Å². The van der Waals surface area contributed by atoms with Crippen LogP contribution in [0.1, 0.15) is 39.8 Å². The van der Waals surface area contributed by atoms with Crippen molar-refractivity contribution in [3.05, 3.63) is 68.6 Å². The minimum atomic E-state index is -0.365. The van der Waals surface area contributed by atoms with Gasteiger partial charge < -0.3 is 5.32 Å². The monoisotopic (exact) mass is 355 g/mol. The zero-order valence-corrected chi connectivity index (χ0v) is 15.4. The van der Waals surface area contributed by atoms with Gasteiger partial charge in [-0.15, -0.1) is 11.3 Å². The largest absolute Gasteiger partial charge is 0.349 e. The SMILES string of the molecule is Cc1sc2ncc(C(=O)NC(C)CCc3ccccc3)c(=O)n2c1C.